The first-order valence-electron chi connectivity index (χ1n) is 5.97. The number of aliphatic imine (C=N–C) groups is 1. The summed E-state index contributed by atoms with van der Waals surface area (Å²) in [5.41, 5.74) is -1.12. The summed E-state index contributed by atoms with van der Waals surface area (Å²) < 4.78 is 64.5. The van der Waals surface area contributed by atoms with Crippen molar-refractivity contribution < 1.29 is 21.6 Å². The molecule has 0 spiro atoms. The molecular weight excluding hydrogens is 309 g/mol. The quantitative estimate of drug-likeness (QED) is 0.849. The van der Waals surface area contributed by atoms with Crippen LogP contribution in [0.1, 0.15) is 18.9 Å². The number of imidazole rings is 1. The first-order chi connectivity index (χ1) is 9.66. The highest BCUT2D eigenvalue weighted by molar-refractivity contribution is 7.89. The van der Waals surface area contributed by atoms with Gasteiger partial charge < -0.3 is 4.57 Å². The van der Waals surface area contributed by atoms with E-state index in [1.54, 1.807) is 13.2 Å². The van der Waals surface area contributed by atoms with Gasteiger partial charge in [-0.3, -0.25) is 4.99 Å². The van der Waals surface area contributed by atoms with E-state index in [4.69, 9.17) is 0 Å². The molecule has 1 unspecified atom stereocenters. The molecule has 0 aliphatic carbocycles. The number of hydrogen-bond acceptors (Lipinski definition) is 4. The lowest BCUT2D eigenvalue weighted by atomic mass is 10.2. The van der Waals surface area contributed by atoms with Crippen molar-refractivity contribution in [3.05, 3.63) is 30.0 Å². The Hall–Kier alpha value is -1.84. The van der Waals surface area contributed by atoms with Crippen LogP contribution in [0.5, 0.6) is 0 Å². The molecule has 0 aromatic carbocycles. The van der Waals surface area contributed by atoms with Gasteiger partial charge in [0.15, 0.2) is 12.0 Å². The lowest BCUT2D eigenvalue weighted by Gasteiger charge is -2.30. The Morgan fingerprint density at radius 1 is 1.38 bits per heavy atom. The Kier molecular flexibility index (Phi) is 3.83. The maximum atomic E-state index is 12.8. The average Bonchev–Trinajstić information content (AvgIpc) is 2.83. The highest BCUT2D eigenvalue weighted by atomic mass is 32.2. The maximum Gasteiger partial charge on any atom is 0.419 e. The molecule has 0 saturated heterocycles. The topological polar surface area (TPSA) is 67.6 Å². The molecule has 1 atom stereocenters. The van der Waals surface area contributed by atoms with E-state index in [-0.39, 0.29) is 11.6 Å². The lowest BCUT2D eigenvalue weighted by molar-refractivity contribution is -0.0868. The zero-order chi connectivity index (χ0) is 15.8. The van der Waals surface area contributed by atoms with Crippen LogP contribution in [0.3, 0.4) is 0 Å². The van der Waals surface area contributed by atoms with E-state index in [1.165, 1.54) is 17.7 Å². The second kappa shape index (κ2) is 5.17. The molecule has 0 amide bonds. The van der Waals surface area contributed by atoms with Gasteiger partial charge in [-0.1, -0.05) is 0 Å². The lowest BCUT2D eigenvalue weighted by Crippen LogP contribution is -2.36. The Labute approximate surface area is 119 Å². The summed E-state index contributed by atoms with van der Waals surface area (Å²) in [6, 6.07) is 0. The van der Waals surface area contributed by atoms with Crippen molar-refractivity contribution >= 4 is 16.2 Å². The van der Waals surface area contributed by atoms with Crippen LogP contribution in [0.15, 0.2) is 29.2 Å². The van der Waals surface area contributed by atoms with E-state index in [0.29, 0.717) is 16.7 Å². The molecule has 0 fully saturated rings. The van der Waals surface area contributed by atoms with Crippen molar-refractivity contribution in [2.45, 2.75) is 19.3 Å². The van der Waals surface area contributed by atoms with Crippen molar-refractivity contribution in [1.29, 1.82) is 0 Å². The molecule has 0 N–H and O–H groups in total. The number of hydrogen-bond donors (Lipinski definition) is 0. The Morgan fingerprint density at radius 2 is 2.05 bits per heavy atom. The molecule has 116 valence electrons. The largest absolute Gasteiger partial charge is 0.419 e. The summed E-state index contributed by atoms with van der Waals surface area (Å²) in [4.78, 5) is 7.68. The molecule has 2 heterocycles. The van der Waals surface area contributed by atoms with E-state index in [1.807, 2.05) is 0 Å². The number of nitrogens with zero attached hydrogens (tertiary/aromatic N) is 4. The van der Waals surface area contributed by atoms with Crippen molar-refractivity contribution in [1.82, 2.24) is 13.9 Å². The number of rotatable bonds is 3. The molecule has 6 nitrogen and oxygen atoms in total. The van der Waals surface area contributed by atoms with Gasteiger partial charge in [-0.15, -0.1) is 0 Å². The van der Waals surface area contributed by atoms with Gasteiger partial charge in [-0.25, -0.2) is 17.7 Å². The van der Waals surface area contributed by atoms with Crippen molar-refractivity contribution in [2.75, 3.05) is 5.75 Å². The van der Waals surface area contributed by atoms with Gasteiger partial charge in [0.2, 0.25) is 10.0 Å². The van der Waals surface area contributed by atoms with Gasteiger partial charge >= 0.3 is 6.18 Å². The molecule has 1 aliphatic rings. The smallest absolute Gasteiger partial charge is 0.335 e. The van der Waals surface area contributed by atoms with Gasteiger partial charge in [0, 0.05) is 31.9 Å². The molecule has 2 rings (SSSR count). The summed E-state index contributed by atoms with van der Waals surface area (Å²) in [5.74, 6) is -0.105. The van der Waals surface area contributed by atoms with E-state index < -0.39 is 27.9 Å². The van der Waals surface area contributed by atoms with E-state index in [9.17, 15) is 21.6 Å². The maximum absolute atomic E-state index is 12.8. The van der Waals surface area contributed by atoms with Gasteiger partial charge in [-0.05, 0) is 6.92 Å². The standard InChI is InChI=1S/C11H13F3N4O2S/c1-3-21(19,20)18-7-8(11(12,13)14)6-16-10(18)9-15-4-5-17(9)2/h4-7,10H,3H2,1-2H3. The van der Waals surface area contributed by atoms with E-state index >= 15 is 0 Å². The molecule has 0 saturated carbocycles. The van der Waals surface area contributed by atoms with Crippen LogP contribution < -0.4 is 0 Å². The molecule has 1 aromatic heterocycles. The van der Waals surface area contributed by atoms with Gasteiger partial charge in [0.25, 0.3) is 0 Å². The number of aromatic nitrogens is 2. The Bertz CT molecular complexity index is 691. The zero-order valence-electron chi connectivity index (χ0n) is 11.2. The van der Waals surface area contributed by atoms with E-state index in [0.717, 1.165) is 0 Å². The van der Waals surface area contributed by atoms with Crippen LogP contribution in [0.4, 0.5) is 13.2 Å². The summed E-state index contributed by atoms with van der Waals surface area (Å²) in [6.07, 6.45) is -1.64. The molecular formula is C11H13F3N4O2S. The first-order valence-corrected chi connectivity index (χ1v) is 7.58. The van der Waals surface area contributed by atoms with Crippen molar-refractivity contribution in [3.8, 4) is 0 Å². The first kappa shape index (κ1) is 15.5. The molecule has 1 aliphatic heterocycles. The Balaban J connectivity index is 2.52. The molecule has 21 heavy (non-hydrogen) atoms. The minimum Gasteiger partial charge on any atom is -0.335 e. The fourth-order valence-corrected chi connectivity index (χ4v) is 2.82. The number of sulfonamides is 1. The van der Waals surface area contributed by atoms with Crippen LogP contribution in [0.2, 0.25) is 0 Å². The monoisotopic (exact) mass is 322 g/mol. The Morgan fingerprint density at radius 3 is 2.52 bits per heavy atom. The highest BCUT2D eigenvalue weighted by Crippen LogP contribution is 2.33. The summed E-state index contributed by atoms with van der Waals surface area (Å²) in [6.45, 7) is 1.35. The van der Waals surface area contributed by atoms with Gasteiger partial charge in [0.1, 0.15) is 0 Å². The average molecular weight is 322 g/mol. The minimum absolute atomic E-state index is 0.237. The molecule has 0 bridgehead atoms. The predicted molar refractivity (Wildman–Crippen MR) is 69.9 cm³/mol. The summed E-state index contributed by atoms with van der Waals surface area (Å²) >= 11 is 0. The van der Waals surface area contributed by atoms with Crippen LogP contribution >= 0.6 is 0 Å². The predicted octanol–water partition coefficient (Wildman–Crippen LogP) is 1.60. The van der Waals surface area contributed by atoms with E-state index in [2.05, 4.69) is 9.98 Å². The second-order valence-electron chi connectivity index (χ2n) is 4.36. The summed E-state index contributed by atoms with van der Waals surface area (Å²) in [5, 5.41) is 0. The third-order valence-electron chi connectivity index (χ3n) is 2.96. The zero-order valence-corrected chi connectivity index (χ0v) is 12.1. The van der Waals surface area contributed by atoms with Crippen LogP contribution in [-0.2, 0) is 17.1 Å². The second-order valence-corrected chi connectivity index (χ2v) is 6.52. The molecule has 10 heteroatoms. The highest BCUT2D eigenvalue weighted by Gasteiger charge is 2.39. The number of aryl methyl sites for hydroxylation is 1. The van der Waals surface area contributed by atoms with Crippen molar-refractivity contribution in [2.24, 2.45) is 12.0 Å². The van der Waals surface area contributed by atoms with Crippen LogP contribution in [0, 0.1) is 0 Å². The van der Waals surface area contributed by atoms with Crippen LogP contribution in [0.25, 0.3) is 0 Å². The van der Waals surface area contributed by atoms with Crippen molar-refractivity contribution in [3.63, 3.8) is 0 Å². The minimum atomic E-state index is -4.67. The third-order valence-corrected chi connectivity index (χ3v) is 4.64. The number of allylic oxidation sites excluding steroid dienone is 1. The van der Waals surface area contributed by atoms with Gasteiger partial charge in [-0.2, -0.15) is 13.2 Å². The fourth-order valence-electron chi connectivity index (χ4n) is 1.79. The molecule has 0 radical (unpaired) electrons. The van der Waals surface area contributed by atoms with Gasteiger partial charge in [0.05, 0.1) is 11.3 Å². The van der Waals surface area contributed by atoms with Crippen LogP contribution in [-0.4, -0.2) is 40.4 Å². The third kappa shape index (κ3) is 2.94. The normalized spacial score (nSPS) is 19.8. The fraction of sp³-hybridized carbons (Fsp3) is 0.455. The SMILES string of the molecule is CCS(=O)(=O)N1C=C(C(F)(F)F)C=NC1c1nccn1C. The number of halogens is 3. The molecule has 1 aromatic rings. The summed E-state index contributed by atoms with van der Waals surface area (Å²) in [7, 11) is -2.31. The number of alkyl halides is 3.